The van der Waals surface area contributed by atoms with E-state index in [-0.39, 0.29) is 0 Å². The number of anilines is 1. The minimum atomic E-state index is -0.875. The first-order valence-corrected chi connectivity index (χ1v) is 8.02. The normalized spacial score (nSPS) is 10.9. The molecule has 0 aliphatic rings. The number of rotatable bonds is 5. The lowest BCUT2D eigenvalue weighted by Crippen LogP contribution is -2.33. The highest BCUT2D eigenvalue weighted by atomic mass is 35.5. The van der Waals surface area contributed by atoms with Gasteiger partial charge in [0.25, 0.3) is 0 Å². The first kappa shape index (κ1) is 18.5. The van der Waals surface area contributed by atoms with Crippen molar-refractivity contribution in [1.29, 1.82) is 0 Å². The molecule has 0 spiro atoms. The summed E-state index contributed by atoms with van der Waals surface area (Å²) in [5.41, 5.74) is 3.98. The SMILES string of the molecule is CCOc1ccccc1NC(=O)C(=O)NN=C(C)c1ccc(Cl)cc1. The number of hydrogen-bond acceptors (Lipinski definition) is 4. The average Bonchev–Trinajstić information content (AvgIpc) is 2.61. The molecular formula is C18H18ClN3O3. The molecule has 0 aliphatic carbocycles. The number of benzene rings is 2. The van der Waals surface area contributed by atoms with Crippen LogP contribution in [0.25, 0.3) is 0 Å². The highest BCUT2D eigenvalue weighted by Gasteiger charge is 2.15. The first-order valence-electron chi connectivity index (χ1n) is 7.64. The van der Waals surface area contributed by atoms with E-state index in [0.29, 0.717) is 28.8 Å². The molecule has 25 heavy (non-hydrogen) atoms. The molecule has 0 unspecified atom stereocenters. The fraction of sp³-hybridized carbons (Fsp3) is 0.167. The molecule has 0 heterocycles. The van der Waals surface area contributed by atoms with Gasteiger partial charge in [0.05, 0.1) is 18.0 Å². The third-order valence-electron chi connectivity index (χ3n) is 3.23. The predicted octanol–water partition coefficient (Wildman–Crippen LogP) is 3.22. The van der Waals surface area contributed by atoms with E-state index in [0.717, 1.165) is 5.56 Å². The Morgan fingerprint density at radius 3 is 2.44 bits per heavy atom. The van der Waals surface area contributed by atoms with Crippen LogP contribution in [0.2, 0.25) is 5.02 Å². The molecule has 0 aromatic heterocycles. The Morgan fingerprint density at radius 2 is 1.76 bits per heavy atom. The van der Waals surface area contributed by atoms with E-state index < -0.39 is 11.8 Å². The number of para-hydroxylation sites is 2. The molecule has 0 saturated heterocycles. The predicted molar refractivity (Wildman–Crippen MR) is 98.0 cm³/mol. The van der Waals surface area contributed by atoms with Crippen LogP contribution in [0.3, 0.4) is 0 Å². The Balaban J connectivity index is 2.00. The molecule has 2 N–H and O–H groups in total. The van der Waals surface area contributed by atoms with Crippen LogP contribution in [0.5, 0.6) is 5.75 Å². The van der Waals surface area contributed by atoms with Gasteiger partial charge in [0.15, 0.2) is 0 Å². The third kappa shape index (κ3) is 5.32. The molecule has 0 bridgehead atoms. The summed E-state index contributed by atoms with van der Waals surface area (Å²) < 4.78 is 5.40. The molecule has 0 atom stereocenters. The van der Waals surface area contributed by atoms with E-state index in [1.54, 1.807) is 55.5 Å². The molecule has 0 aliphatic heterocycles. The lowest BCUT2D eigenvalue weighted by atomic mass is 10.1. The van der Waals surface area contributed by atoms with E-state index in [1.165, 1.54) is 0 Å². The fourth-order valence-electron chi connectivity index (χ4n) is 1.97. The van der Waals surface area contributed by atoms with Crippen molar-refractivity contribution in [2.24, 2.45) is 5.10 Å². The maximum atomic E-state index is 12.0. The van der Waals surface area contributed by atoms with E-state index in [2.05, 4.69) is 15.8 Å². The second-order valence-electron chi connectivity index (χ2n) is 5.03. The van der Waals surface area contributed by atoms with Gasteiger partial charge in [0.1, 0.15) is 5.75 Å². The zero-order valence-corrected chi connectivity index (χ0v) is 14.6. The highest BCUT2D eigenvalue weighted by molar-refractivity contribution is 6.39. The van der Waals surface area contributed by atoms with Crippen molar-refractivity contribution in [3.05, 3.63) is 59.1 Å². The number of hydrazone groups is 1. The van der Waals surface area contributed by atoms with E-state index in [9.17, 15) is 9.59 Å². The average molecular weight is 360 g/mol. The summed E-state index contributed by atoms with van der Waals surface area (Å²) in [6.45, 7) is 4.00. The molecule has 0 saturated carbocycles. The Kier molecular flexibility index (Phi) is 6.54. The van der Waals surface area contributed by atoms with Gasteiger partial charge in [-0.05, 0) is 43.7 Å². The molecule has 130 valence electrons. The summed E-state index contributed by atoms with van der Waals surface area (Å²) in [7, 11) is 0. The van der Waals surface area contributed by atoms with Crippen LogP contribution in [-0.2, 0) is 9.59 Å². The minimum Gasteiger partial charge on any atom is -0.492 e. The summed E-state index contributed by atoms with van der Waals surface area (Å²) in [4.78, 5) is 23.9. The standard InChI is InChI=1S/C18H18ClN3O3/c1-3-25-16-7-5-4-6-15(16)20-17(23)18(24)22-21-12(2)13-8-10-14(19)11-9-13/h4-11H,3H2,1-2H3,(H,20,23)(H,22,24). The van der Waals surface area contributed by atoms with Gasteiger partial charge >= 0.3 is 11.8 Å². The van der Waals surface area contributed by atoms with Crippen molar-refractivity contribution in [3.63, 3.8) is 0 Å². The van der Waals surface area contributed by atoms with Crippen molar-refractivity contribution in [2.45, 2.75) is 13.8 Å². The molecule has 0 fully saturated rings. The van der Waals surface area contributed by atoms with Crippen LogP contribution in [0.1, 0.15) is 19.4 Å². The van der Waals surface area contributed by atoms with Crippen molar-refractivity contribution in [2.75, 3.05) is 11.9 Å². The number of hydrogen-bond donors (Lipinski definition) is 2. The molecule has 2 aromatic carbocycles. The van der Waals surface area contributed by atoms with Crippen molar-refractivity contribution in [1.82, 2.24) is 5.43 Å². The van der Waals surface area contributed by atoms with Crippen LogP contribution in [-0.4, -0.2) is 24.1 Å². The lowest BCUT2D eigenvalue weighted by Gasteiger charge is -2.10. The molecule has 7 heteroatoms. The number of carbonyl (C=O) groups is 2. The van der Waals surface area contributed by atoms with Gasteiger partial charge in [-0.1, -0.05) is 35.9 Å². The van der Waals surface area contributed by atoms with E-state index in [1.807, 2.05) is 6.92 Å². The Hall–Kier alpha value is -2.86. The van der Waals surface area contributed by atoms with E-state index in [4.69, 9.17) is 16.3 Å². The second-order valence-corrected chi connectivity index (χ2v) is 5.46. The van der Waals surface area contributed by atoms with Crippen LogP contribution in [0.4, 0.5) is 5.69 Å². The molecular weight excluding hydrogens is 342 g/mol. The molecule has 2 aromatic rings. The third-order valence-corrected chi connectivity index (χ3v) is 3.48. The van der Waals surface area contributed by atoms with Crippen LogP contribution in [0.15, 0.2) is 53.6 Å². The number of ether oxygens (including phenoxy) is 1. The monoisotopic (exact) mass is 359 g/mol. The first-order chi connectivity index (χ1) is 12.0. The van der Waals surface area contributed by atoms with Gasteiger partial charge in [0, 0.05) is 5.02 Å². The Labute approximate surface area is 150 Å². The zero-order chi connectivity index (χ0) is 18.2. The molecule has 6 nitrogen and oxygen atoms in total. The second kappa shape index (κ2) is 8.84. The summed E-state index contributed by atoms with van der Waals surface area (Å²) in [5.74, 6) is -1.22. The number of halogens is 1. The van der Waals surface area contributed by atoms with Gasteiger partial charge < -0.3 is 10.1 Å². The van der Waals surface area contributed by atoms with Crippen molar-refractivity contribution in [3.8, 4) is 5.75 Å². The zero-order valence-electron chi connectivity index (χ0n) is 13.9. The summed E-state index contributed by atoms with van der Waals surface area (Å²) >= 11 is 5.82. The number of carbonyl (C=O) groups excluding carboxylic acids is 2. The van der Waals surface area contributed by atoms with Crippen LogP contribution < -0.4 is 15.5 Å². The van der Waals surface area contributed by atoms with Crippen LogP contribution in [0, 0.1) is 0 Å². The molecule has 2 amide bonds. The highest BCUT2D eigenvalue weighted by Crippen LogP contribution is 2.23. The number of amides is 2. The minimum absolute atomic E-state index is 0.419. The lowest BCUT2D eigenvalue weighted by molar-refractivity contribution is -0.136. The van der Waals surface area contributed by atoms with Crippen LogP contribution >= 0.6 is 11.6 Å². The Bertz CT molecular complexity index is 788. The van der Waals surface area contributed by atoms with E-state index >= 15 is 0 Å². The van der Waals surface area contributed by atoms with Crippen molar-refractivity contribution >= 4 is 34.8 Å². The number of nitrogens with one attached hydrogen (secondary N) is 2. The maximum Gasteiger partial charge on any atom is 0.329 e. The summed E-state index contributed by atoms with van der Waals surface area (Å²) in [6, 6.07) is 13.8. The molecule has 2 rings (SSSR count). The largest absolute Gasteiger partial charge is 0.492 e. The fourth-order valence-corrected chi connectivity index (χ4v) is 2.10. The smallest absolute Gasteiger partial charge is 0.329 e. The van der Waals surface area contributed by atoms with Gasteiger partial charge in [-0.25, -0.2) is 5.43 Å². The Morgan fingerprint density at radius 1 is 1.08 bits per heavy atom. The van der Waals surface area contributed by atoms with Crippen molar-refractivity contribution < 1.29 is 14.3 Å². The quantitative estimate of drug-likeness (QED) is 0.488. The molecule has 0 radical (unpaired) electrons. The summed E-state index contributed by atoms with van der Waals surface area (Å²) in [6.07, 6.45) is 0. The van der Waals surface area contributed by atoms with Gasteiger partial charge in [-0.2, -0.15) is 5.10 Å². The van der Waals surface area contributed by atoms with Gasteiger partial charge in [-0.15, -0.1) is 0 Å². The van der Waals surface area contributed by atoms with Gasteiger partial charge in [-0.3, -0.25) is 9.59 Å². The summed E-state index contributed by atoms with van der Waals surface area (Å²) in [5, 5.41) is 7.04. The topological polar surface area (TPSA) is 79.8 Å². The number of nitrogens with zero attached hydrogens (tertiary/aromatic N) is 1. The maximum absolute atomic E-state index is 12.0. The van der Waals surface area contributed by atoms with Gasteiger partial charge in [0.2, 0.25) is 0 Å².